The maximum Gasteiger partial charge on any atom is 0.255 e. The Hall–Kier alpha value is -1.70. The first-order chi connectivity index (χ1) is 12.0. The maximum atomic E-state index is 12.6. The fraction of sp³-hybridized carbons (Fsp3) is 0.667. The van der Waals surface area contributed by atoms with Crippen molar-refractivity contribution < 1.29 is 24.1 Å². The van der Waals surface area contributed by atoms with Crippen molar-refractivity contribution in [3.05, 3.63) is 23.9 Å². The Morgan fingerprint density at radius 2 is 2.08 bits per heavy atom. The zero-order chi connectivity index (χ0) is 17.9. The van der Waals surface area contributed by atoms with E-state index in [4.69, 9.17) is 14.2 Å². The van der Waals surface area contributed by atoms with Gasteiger partial charge < -0.3 is 24.2 Å². The summed E-state index contributed by atoms with van der Waals surface area (Å²) in [4.78, 5) is 18.6. The first-order valence-electron chi connectivity index (χ1n) is 8.64. The molecule has 1 aromatic heterocycles. The Morgan fingerprint density at radius 3 is 2.68 bits per heavy atom. The van der Waals surface area contributed by atoms with Gasteiger partial charge in [0.2, 0.25) is 5.88 Å². The van der Waals surface area contributed by atoms with E-state index in [2.05, 4.69) is 4.98 Å². The highest BCUT2D eigenvalue weighted by Crippen LogP contribution is 2.39. The first-order valence-corrected chi connectivity index (χ1v) is 8.64. The fourth-order valence-corrected chi connectivity index (χ4v) is 3.84. The van der Waals surface area contributed by atoms with E-state index in [1.165, 1.54) is 0 Å². The summed E-state index contributed by atoms with van der Waals surface area (Å²) in [7, 11) is 3.15. The van der Waals surface area contributed by atoms with E-state index < -0.39 is 5.60 Å². The second-order valence-corrected chi connectivity index (χ2v) is 7.00. The van der Waals surface area contributed by atoms with Crippen LogP contribution in [0.15, 0.2) is 18.3 Å². The number of likely N-dealkylation sites (tertiary alicyclic amines) is 1. The van der Waals surface area contributed by atoms with E-state index in [0.29, 0.717) is 63.4 Å². The summed E-state index contributed by atoms with van der Waals surface area (Å²) >= 11 is 0. The molecule has 3 heterocycles. The van der Waals surface area contributed by atoms with Crippen molar-refractivity contribution in [1.82, 2.24) is 9.88 Å². The Balaban J connectivity index is 1.61. The Morgan fingerprint density at radius 1 is 1.32 bits per heavy atom. The van der Waals surface area contributed by atoms with Gasteiger partial charge in [-0.25, -0.2) is 4.98 Å². The highest BCUT2D eigenvalue weighted by molar-refractivity contribution is 5.94. The van der Waals surface area contributed by atoms with Crippen molar-refractivity contribution in [2.75, 3.05) is 40.5 Å². The lowest BCUT2D eigenvalue weighted by atomic mass is 9.77. The average Bonchev–Trinajstić information content (AvgIpc) is 2.62. The number of amides is 1. The van der Waals surface area contributed by atoms with Crippen LogP contribution in [0.2, 0.25) is 0 Å². The van der Waals surface area contributed by atoms with Gasteiger partial charge in [-0.2, -0.15) is 0 Å². The van der Waals surface area contributed by atoms with E-state index in [9.17, 15) is 9.90 Å². The summed E-state index contributed by atoms with van der Waals surface area (Å²) in [5.74, 6) is 0.454. The molecule has 25 heavy (non-hydrogen) atoms. The number of rotatable bonds is 4. The number of nitrogens with zero attached hydrogens (tertiary/aromatic N) is 2. The number of carbonyl (C=O) groups excluding carboxylic acids is 1. The van der Waals surface area contributed by atoms with E-state index in [1.807, 2.05) is 4.90 Å². The van der Waals surface area contributed by atoms with Crippen molar-refractivity contribution in [3.8, 4) is 5.88 Å². The summed E-state index contributed by atoms with van der Waals surface area (Å²) in [6.07, 6.45) is 4.12. The smallest absolute Gasteiger partial charge is 0.255 e. The molecule has 1 spiro atoms. The first kappa shape index (κ1) is 18.1. The molecule has 2 saturated heterocycles. The van der Waals surface area contributed by atoms with Gasteiger partial charge in [0, 0.05) is 45.3 Å². The van der Waals surface area contributed by atoms with E-state index >= 15 is 0 Å². The zero-order valence-corrected chi connectivity index (χ0v) is 14.9. The van der Waals surface area contributed by atoms with Crippen LogP contribution in [0.25, 0.3) is 0 Å². The molecule has 1 atom stereocenters. The monoisotopic (exact) mass is 350 g/mol. The van der Waals surface area contributed by atoms with Crippen molar-refractivity contribution in [1.29, 1.82) is 0 Å². The summed E-state index contributed by atoms with van der Waals surface area (Å²) in [6, 6.07) is 3.42. The van der Waals surface area contributed by atoms with Gasteiger partial charge in [-0.15, -0.1) is 0 Å². The van der Waals surface area contributed by atoms with Gasteiger partial charge in [0.05, 0.1) is 37.1 Å². The maximum absolute atomic E-state index is 12.6. The van der Waals surface area contributed by atoms with Gasteiger partial charge in [0.25, 0.3) is 5.91 Å². The minimum atomic E-state index is -0.834. The molecular weight excluding hydrogens is 324 g/mol. The topological polar surface area (TPSA) is 81.1 Å². The molecule has 2 aliphatic heterocycles. The van der Waals surface area contributed by atoms with E-state index in [0.717, 1.165) is 0 Å². The summed E-state index contributed by atoms with van der Waals surface area (Å²) < 4.78 is 16.2. The number of aromatic nitrogens is 1. The number of ether oxygens (including phenoxy) is 3. The lowest BCUT2D eigenvalue weighted by Crippen LogP contribution is -2.56. The number of piperidine rings is 1. The predicted octanol–water partition coefficient (Wildman–Crippen LogP) is 1.25. The largest absolute Gasteiger partial charge is 0.481 e. The highest BCUT2D eigenvalue weighted by atomic mass is 16.5. The lowest BCUT2D eigenvalue weighted by Gasteiger charge is -2.48. The number of hydrogen-bond donors (Lipinski definition) is 1. The molecule has 0 aliphatic carbocycles. The molecule has 0 saturated carbocycles. The molecule has 1 N–H and O–H groups in total. The number of aliphatic hydroxyl groups is 1. The second-order valence-electron chi connectivity index (χ2n) is 7.00. The average molecular weight is 350 g/mol. The molecule has 0 radical (unpaired) electrons. The predicted molar refractivity (Wildman–Crippen MR) is 90.7 cm³/mol. The molecule has 0 aromatic carbocycles. The molecule has 1 amide bonds. The number of hydrogen-bond acceptors (Lipinski definition) is 6. The Bertz CT molecular complexity index is 594. The van der Waals surface area contributed by atoms with Crippen LogP contribution in [0.5, 0.6) is 5.88 Å². The van der Waals surface area contributed by atoms with Gasteiger partial charge >= 0.3 is 0 Å². The molecule has 0 bridgehead atoms. The fourth-order valence-electron chi connectivity index (χ4n) is 3.84. The summed E-state index contributed by atoms with van der Waals surface area (Å²) in [5.41, 5.74) is -0.642. The van der Waals surface area contributed by atoms with Crippen LogP contribution in [0.3, 0.4) is 0 Å². The van der Waals surface area contributed by atoms with Crippen molar-refractivity contribution in [2.45, 2.75) is 36.9 Å². The van der Waals surface area contributed by atoms with Crippen molar-refractivity contribution >= 4 is 5.91 Å². The van der Waals surface area contributed by atoms with Crippen LogP contribution in [0.4, 0.5) is 0 Å². The van der Waals surface area contributed by atoms with Gasteiger partial charge in [0.1, 0.15) is 0 Å². The van der Waals surface area contributed by atoms with Crippen LogP contribution < -0.4 is 4.74 Å². The molecule has 1 unspecified atom stereocenters. The number of methoxy groups -OCH3 is 2. The second kappa shape index (κ2) is 7.27. The molecular formula is C18H26N2O5. The Labute approximate surface area is 147 Å². The van der Waals surface area contributed by atoms with E-state index in [-0.39, 0.29) is 11.5 Å². The third-order valence-electron chi connectivity index (χ3n) is 5.19. The van der Waals surface area contributed by atoms with Gasteiger partial charge in [-0.3, -0.25) is 4.79 Å². The van der Waals surface area contributed by atoms with Crippen LogP contribution in [0.1, 0.15) is 36.0 Å². The van der Waals surface area contributed by atoms with E-state index in [1.54, 1.807) is 32.5 Å². The number of carbonyl (C=O) groups is 1. The molecule has 1 aromatic rings. The minimum absolute atomic E-state index is 0.0343. The summed E-state index contributed by atoms with van der Waals surface area (Å²) in [6.45, 7) is 2.05. The molecule has 3 rings (SSSR count). The van der Waals surface area contributed by atoms with Crippen LogP contribution >= 0.6 is 0 Å². The molecule has 7 heteroatoms. The summed E-state index contributed by atoms with van der Waals surface area (Å²) in [5, 5.41) is 10.7. The van der Waals surface area contributed by atoms with Crippen LogP contribution in [-0.2, 0) is 9.47 Å². The van der Waals surface area contributed by atoms with Crippen LogP contribution in [-0.4, -0.2) is 72.6 Å². The molecule has 2 fully saturated rings. The minimum Gasteiger partial charge on any atom is -0.481 e. The molecule has 2 aliphatic rings. The molecule has 7 nitrogen and oxygen atoms in total. The number of pyridine rings is 1. The standard InChI is InChI=1S/C18H26N2O5/c1-23-13-17(22)7-10-25-18(12-17)5-8-20(9-6-18)16(21)14-3-4-15(24-2)19-11-14/h3-4,11,22H,5-10,12-13H2,1-2H3. The van der Waals surface area contributed by atoms with Gasteiger partial charge in [0.15, 0.2) is 0 Å². The zero-order valence-electron chi connectivity index (χ0n) is 14.9. The van der Waals surface area contributed by atoms with Crippen molar-refractivity contribution in [3.63, 3.8) is 0 Å². The van der Waals surface area contributed by atoms with Crippen molar-refractivity contribution in [2.24, 2.45) is 0 Å². The Kier molecular flexibility index (Phi) is 5.27. The quantitative estimate of drug-likeness (QED) is 0.880. The van der Waals surface area contributed by atoms with Gasteiger partial charge in [-0.1, -0.05) is 0 Å². The normalized spacial score (nSPS) is 25.8. The SMILES string of the molecule is COCC1(O)CCOC2(CCN(C(=O)c3ccc(OC)nc3)CC2)C1. The highest BCUT2D eigenvalue weighted by Gasteiger charge is 2.47. The third kappa shape index (κ3) is 3.94. The van der Waals surface area contributed by atoms with Crippen LogP contribution in [0, 0.1) is 0 Å². The third-order valence-corrected chi connectivity index (χ3v) is 5.19. The molecule has 138 valence electrons. The lowest BCUT2D eigenvalue weighted by molar-refractivity contribution is -0.189. The van der Waals surface area contributed by atoms with Gasteiger partial charge in [-0.05, 0) is 18.9 Å².